The zero-order valence-corrected chi connectivity index (χ0v) is 12.5. The van der Waals surface area contributed by atoms with Crippen LogP contribution >= 0.6 is 11.5 Å². The molecule has 2 aromatic heterocycles. The molecule has 0 saturated carbocycles. The molecule has 2 aromatic rings. The van der Waals surface area contributed by atoms with Crippen molar-refractivity contribution in [3.8, 4) is 0 Å². The predicted octanol–water partition coefficient (Wildman–Crippen LogP) is 1.33. The molecule has 2 rings (SSSR count). The van der Waals surface area contributed by atoms with Crippen molar-refractivity contribution in [1.29, 1.82) is 0 Å². The Morgan fingerprint density at radius 3 is 2.32 bits per heavy atom. The van der Waals surface area contributed by atoms with Gasteiger partial charge in [0.05, 0.1) is 10.6 Å². The Balaban J connectivity index is 1.95. The van der Waals surface area contributed by atoms with Crippen LogP contribution in [0.25, 0.3) is 0 Å². The summed E-state index contributed by atoms with van der Waals surface area (Å²) in [6.07, 6.45) is 3.74. The lowest BCUT2D eigenvalue weighted by molar-refractivity contribution is 0.320. The topological polar surface area (TPSA) is 58.0 Å². The fourth-order valence-corrected chi connectivity index (χ4v) is 2.38. The van der Waals surface area contributed by atoms with Gasteiger partial charge in [-0.05, 0) is 25.5 Å². The zero-order chi connectivity index (χ0) is 13.8. The summed E-state index contributed by atoms with van der Waals surface area (Å²) in [7, 11) is 5.93. The highest BCUT2D eigenvalue weighted by atomic mass is 32.1. The van der Waals surface area contributed by atoms with Crippen LogP contribution in [0.15, 0.2) is 12.4 Å². The minimum absolute atomic E-state index is 0.730. The molecule has 0 radical (unpaired) electrons. The van der Waals surface area contributed by atoms with Gasteiger partial charge in [0.2, 0.25) is 5.95 Å². The van der Waals surface area contributed by atoms with Crippen molar-refractivity contribution in [2.45, 2.75) is 20.0 Å². The molecule has 0 atom stereocenters. The normalized spacial score (nSPS) is 11.0. The number of anilines is 1. The molecule has 102 valence electrons. The quantitative estimate of drug-likeness (QED) is 0.822. The first-order chi connectivity index (χ1) is 9.06. The first kappa shape index (κ1) is 13.8. The van der Waals surface area contributed by atoms with Crippen LogP contribution in [-0.4, -0.2) is 45.6 Å². The van der Waals surface area contributed by atoms with E-state index < -0.39 is 0 Å². The summed E-state index contributed by atoms with van der Waals surface area (Å²) < 4.78 is 3.95. The van der Waals surface area contributed by atoms with Crippen molar-refractivity contribution in [3.63, 3.8) is 0 Å². The summed E-state index contributed by atoms with van der Waals surface area (Å²) in [6.45, 7) is 3.64. The van der Waals surface area contributed by atoms with E-state index in [9.17, 15) is 0 Å². The van der Waals surface area contributed by atoms with Crippen LogP contribution < -0.4 is 4.90 Å². The average molecular weight is 278 g/mol. The lowest BCUT2D eigenvalue weighted by Crippen LogP contribution is -2.18. The molecule has 0 aliphatic rings. The zero-order valence-electron chi connectivity index (χ0n) is 11.7. The molecule has 7 heteroatoms. The predicted molar refractivity (Wildman–Crippen MR) is 76.2 cm³/mol. The smallest absolute Gasteiger partial charge is 0.224 e. The summed E-state index contributed by atoms with van der Waals surface area (Å²) in [6, 6.07) is 0. The third-order valence-electron chi connectivity index (χ3n) is 2.70. The number of hydrogen-bond acceptors (Lipinski definition) is 7. The molecule has 0 aliphatic carbocycles. The van der Waals surface area contributed by atoms with Crippen molar-refractivity contribution in [2.75, 3.05) is 26.0 Å². The van der Waals surface area contributed by atoms with Crippen molar-refractivity contribution in [1.82, 2.24) is 24.5 Å². The Bertz CT molecular complexity index is 521. The second-order valence-electron chi connectivity index (χ2n) is 4.74. The second-order valence-corrected chi connectivity index (χ2v) is 5.58. The van der Waals surface area contributed by atoms with Crippen molar-refractivity contribution in [3.05, 3.63) is 28.5 Å². The Labute approximate surface area is 117 Å². The molecule has 0 fully saturated rings. The number of rotatable bonds is 5. The molecule has 0 amide bonds. The molecule has 19 heavy (non-hydrogen) atoms. The van der Waals surface area contributed by atoms with E-state index in [1.807, 2.05) is 38.3 Å². The van der Waals surface area contributed by atoms with E-state index in [-0.39, 0.29) is 0 Å². The van der Waals surface area contributed by atoms with E-state index in [4.69, 9.17) is 0 Å². The van der Waals surface area contributed by atoms with E-state index in [1.165, 1.54) is 16.4 Å². The molecule has 6 nitrogen and oxygen atoms in total. The Morgan fingerprint density at radius 2 is 1.79 bits per heavy atom. The fourth-order valence-electron chi connectivity index (χ4n) is 1.67. The Morgan fingerprint density at radius 1 is 1.11 bits per heavy atom. The van der Waals surface area contributed by atoms with Gasteiger partial charge in [-0.3, -0.25) is 4.90 Å². The minimum atomic E-state index is 0.730. The third-order valence-corrected chi connectivity index (χ3v) is 3.51. The van der Waals surface area contributed by atoms with E-state index in [0.29, 0.717) is 0 Å². The maximum absolute atomic E-state index is 4.31. The minimum Gasteiger partial charge on any atom is -0.347 e. The van der Waals surface area contributed by atoms with Crippen molar-refractivity contribution in [2.24, 2.45) is 0 Å². The van der Waals surface area contributed by atoms with Gasteiger partial charge in [-0.25, -0.2) is 9.97 Å². The van der Waals surface area contributed by atoms with Crippen LogP contribution in [0, 0.1) is 6.92 Å². The summed E-state index contributed by atoms with van der Waals surface area (Å²) in [5.41, 5.74) is 2.11. The highest BCUT2D eigenvalue weighted by Gasteiger charge is 2.08. The monoisotopic (exact) mass is 278 g/mol. The van der Waals surface area contributed by atoms with E-state index in [0.717, 1.165) is 30.3 Å². The van der Waals surface area contributed by atoms with Gasteiger partial charge in [0.1, 0.15) is 0 Å². The van der Waals surface area contributed by atoms with Crippen LogP contribution in [0.2, 0.25) is 0 Å². The summed E-state index contributed by atoms with van der Waals surface area (Å²) in [4.78, 5) is 13.9. The standard InChI is InChI=1S/C12H18N6S/c1-9-11(19-16-15-9)8-18(4)7-10-5-13-12(14-6-10)17(2)3/h5-6H,7-8H2,1-4H3. The molecule has 0 N–H and O–H groups in total. The molecular weight excluding hydrogens is 260 g/mol. The second kappa shape index (κ2) is 6.03. The lowest BCUT2D eigenvalue weighted by Gasteiger charge is -2.16. The first-order valence-electron chi connectivity index (χ1n) is 6.01. The SMILES string of the molecule is Cc1nnsc1CN(C)Cc1cnc(N(C)C)nc1. The highest BCUT2D eigenvalue weighted by Crippen LogP contribution is 2.13. The first-order valence-corrected chi connectivity index (χ1v) is 6.78. The lowest BCUT2D eigenvalue weighted by atomic mass is 10.3. The average Bonchev–Trinajstić information content (AvgIpc) is 2.75. The van der Waals surface area contributed by atoms with Gasteiger partial charge in [-0.15, -0.1) is 5.10 Å². The maximum Gasteiger partial charge on any atom is 0.224 e. The van der Waals surface area contributed by atoms with E-state index in [2.05, 4.69) is 31.5 Å². The summed E-state index contributed by atoms with van der Waals surface area (Å²) >= 11 is 1.45. The Kier molecular flexibility index (Phi) is 4.39. The number of aryl methyl sites for hydroxylation is 1. The van der Waals surface area contributed by atoms with Crippen LogP contribution in [0.1, 0.15) is 16.1 Å². The highest BCUT2D eigenvalue weighted by molar-refractivity contribution is 7.05. The van der Waals surface area contributed by atoms with Crippen LogP contribution in [0.5, 0.6) is 0 Å². The molecule has 0 bridgehead atoms. The van der Waals surface area contributed by atoms with E-state index in [1.54, 1.807) is 0 Å². The summed E-state index contributed by atoms with van der Waals surface area (Å²) in [5.74, 6) is 0.730. The molecule has 0 spiro atoms. The summed E-state index contributed by atoms with van der Waals surface area (Å²) in [5, 5.41) is 4.02. The molecule has 0 saturated heterocycles. The van der Waals surface area contributed by atoms with Gasteiger partial charge >= 0.3 is 0 Å². The van der Waals surface area contributed by atoms with Gasteiger partial charge in [-0.1, -0.05) is 4.49 Å². The van der Waals surface area contributed by atoms with Gasteiger partial charge in [0.25, 0.3) is 0 Å². The molecule has 2 heterocycles. The Hall–Kier alpha value is -1.60. The van der Waals surface area contributed by atoms with Crippen molar-refractivity contribution < 1.29 is 0 Å². The fraction of sp³-hybridized carbons (Fsp3) is 0.500. The van der Waals surface area contributed by atoms with E-state index >= 15 is 0 Å². The number of hydrogen-bond donors (Lipinski definition) is 0. The largest absolute Gasteiger partial charge is 0.347 e. The number of nitrogens with zero attached hydrogens (tertiary/aromatic N) is 6. The molecule has 0 unspecified atom stereocenters. The van der Waals surface area contributed by atoms with Gasteiger partial charge in [0, 0.05) is 45.1 Å². The molecule has 0 aromatic carbocycles. The molecule has 0 aliphatic heterocycles. The maximum atomic E-state index is 4.31. The number of aromatic nitrogens is 4. The van der Waals surface area contributed by atoms with Crippen LogP contribution in [0.3, 0.4) is 0 Å². The third kappa shape index (κ3) is 3.68. The van der Waals surface area contributed by atoms with Crippen LogP contribution in [0.4, 0.5) is 5.95 Å². The van der Waals surface area contributed by atoms with Gasteiger partial charge in [-0.2, -0.15) is 0 Å². The van der Waals surface area contributed by atoms with Crippen LogP contribution in [-0.2, 0) is 13.1 Å². The van der Waals surface area contributed by atoms with Gasteiger partial charge < -0.3 is 4.90 Å². The van der Waals surface area contributed by atoms with Crippen molar-refractivity contribution >= 4 is 17.5 Å². The van der Waals surface area contributed by atoms with Gasteiger partial charge in [0.15, 0.2) is 0 Å². The molecular formula is C12H18N6S.